The van der Waals surface area contributed by atoms with Gasteiger partial charge in [0.25, 0.3) is 5.69 Å². The van der Waals surface area contributed by atoms with E-state index in [1.807, 2.05) is 91.0 Å². The summed E-state index contributed by atoms with van der Waals surface area (Å²) in [5.74, 6) is -0.152. The molecule has 0 saturated carbocycles. The van der Waals surface area contributed by atoms with E-state index in [0.717, 1.165) is 22.0 Å². The Labute approximate surface area is 496 Å². The lowest BCUT2D eigenvalue weighted by atomic mass is 9.12. The van der Waals surface area contributed by atoms with Gasteiger partial charge in [0.05, 0.1) is 44.5 Å². The number of halogens is 24. The standard InChI is InChI=1S/C32H12BF24.C30H22NO3/c34-25(35,36)13-1-14(26(37,38)39)6-21(5-13)33(22-7-15(27(40,41)42)2-16(8-22)28(43,44)45,23-9-17(29(46,47)48)3-18(10-23)30(49,50)51)24-11-19(31(52,53)54)4-20(12-24)32(55,56)57;32-29(25-12-5-2-6-13-25)21-31-27-14-8-7-11-24(27)17-20-28(31)30(33)34-26-18-15-23(16-19-26)22-9-3-1-4-10-22/h1-12H;1-20H,21H2/q-1;+1. The molecule has 0 aliphatic rings. The summed E-state index contributed by atoms with van der Waals surface area (Å²) < 4.78 is 348. The number of esters is 1. The number of fused-ring (bicyclic) bond motifs is 1. The van der Waals surface area contributed by atoms with Gasteiger partial charge in [-0.2, -0.15) is 132 Å². The van der Waals surface area contributed by atoms with Crippen LogP contribution in [0.2, 0.25) is 0 Å². The van der Waals surface area contributed by atoms with Crippen molar-refractivity contribution in [2.75, 3.05) is 0 Å². The third-order valence-electron chi connectivity index (χ3n) is 14.2. The van der Waals surface area contributed by atoms with Crippen LogP contribution in [0.4, 0.5) is 105 Å². The molecule has 8 aromatic carbocycles. The minimum atomic E-state index is -6.13. The maximum absolute atomic E-state index is 14.2. The van der Waals surface area contributed by atoms with Gasteiger partial charge >= 0.3 is 55.4 Å². The van der Waals surface area contributed by atoms with Crippen molar-refractivity contribution in [2.24, 2.45) is 0 Å². The average Bonchev–Trinajstić information content (AvgIpc) is 0.710. The molecular weight excluding hydrogens is 1270 g/mol. The van der Waals surface area contributed by atoms with Gasteiger partial charge in [-0.15, -0.1) is 0 Å². The van der Waals surface area contributed by atoms with E-state index in [0.29, 0.717) is 17.0 Å². The van der Waals surface area contributed by atoms with E-state index in [2.05, 4.69) is 0 Å². The molecule has 0 bridgehead atoms. The number of carbonyl (C=O) groups excluding carboxylic acids is 2. The lowest BCUT2D eigenvalue weighted by Crippen LogP contribution is -2.75. The van der Waals surface area contributed by atoms with Gasteiger partial charge < -0.3 is 4.74 Å². The molecule has 0 radical (unpaired) electrons. The van der Waals surface area contributed by atoms with E-state index < -0.39 is 201 Å². The molecule has 0 spiro atoms. The summed E-state index contributed by atoms with van der Waals surface area (Å²) in [6, 6.07) is 28.9. The Balaban J connectivity index is 0.000000265. The summed E-state index contributed by atoms with van der Waals surface area (Å²) in [5, 5.41) is 0.937. The first-order chi connectivity index (χ1) is 41.9. The first kappa shape index (κ1) is 67.6. The van der Waals surface area contributed by atoms with Gasteiger partial charge in [0.2, 0.25) is 17.8 Å². The lowest BCUT2D eigenvalue weighted by molar-refractivity contribution is -0.659. The summed E-state index contributed by atoms with van der Waals surface area (Å²) in [5.41, 5.74) is -26.4. The van der Waals surface area contributed by atoms with Crippen molar-refractivity contribution in [2.45, 2.75) is 56.0 Å². The molecule has 9 rings (SSSR count). The second-order valence-corrected chi connectivity index (χ2v) is 20.2. The smallest absolute Gasteiger partial charge is 0.416 e. The number of aromatic nitrogens is 1. The van der Waals surface area contributed by atoms with Crippen LogP contribution in [-0.4, -0.2) is 17.9 Å². The Bertz CT molecular complexity index is 3710. The number of Topliss-reactive ketones (excluding diaryl/α,β-unsaturated/α-hetero) is 1. The molecule has 0 aliphatic carbocycles. The predicted octanol–water partition coefficient (Wildman–Crippen LogP) is 17.1. The summed E-state index contributed by atoms with van der Waals surface area (Å²) in [4.78, 5) is 26.2. The first-order valence-electron chi connectivity index (χ1n) is 25.7. The number of carbonyl (C=O) groups is 2. The van der Waals surface area contributed by atoms with Crippen molar-refractivity contribution >= 4 is 50.7 Å². The molecule has 0 atom stereocenters. The molecule has 0 unspecified atom stereocenters. The molecule has 0 fully saturated rings. The number of para-hydroxylation sites is 1. The predicted molar refractivity (Wildman–Crippen MR) is 282 cm³/mol. The van der Waals surface area contributed by atoms with Crippen molar-refractivity contribution in [3.8, 4) is 16.9 Å². The lowest BCUT2D eigenvalue weighted by Gasteiger charge is -2.46. The fourth-order valence-electron chi connectivity index (χ4n) is 10.0. The van der Waals surface area contributed by atoms with Crippen LogP contribution in [0.25, 0.3) is 22.0 Å². The number of pyridine rings is 1. The number of ether oxygens (including phenoxy) is 1. The van der Waals surface area contributed by atoms with Crippen molar-refractivity contribution in [1.82, 2.24) is 0 Å². The monoisotopic (exact) mass is 1310 g/mol. The zero-order valence-corrected chi connectivity index (χ0v) is 45.0. The van der Waals surface area contributed by atoms with Crippen LogP contribution < -0.4 is 31.2 Å². The van der Waals surface area contributed by atoms with Gasteiger partial charge in [-0.3, -0.25) is 4.79 Å². The van der Waals surface area contributed by atoms with Crippen molar-refractivity contribution in [3.05, 3.63) is 250 Å². The Morgan fingerprint density at radius 3 is 0.956 bits per heavy atom. The van der Waals surface area contributed by atoms with Crippen LogP contribution in [0.5, 0.6) is 5.75 Å². The highest BCUT2D eigenvalue weighted by atomic mass is 19.4. The van der Waals surface area contributed by atoms with Gasteiger partial charge in [-0.05, 0) is 59.7 Å². The minimum Gasteiger partial charge on any atom is -0.419 e. The van der Waals surface area contributed by atoms with Crippen molar-refractivity contribution in [3.63, 3.8) is 0 Å². The molecule has 476 valence electrons. The van der Waals surface area contributed by atoms with E-state index in [9.17, 15) is 115 Å². The minimum absolute atomic E-state index is 0.0305. The maximum Gasteiger partial charge on any atom is 0.416 e. The topological polar surface area (TPSA) is 47.2 Å². The molecule has 1 heterocycles. The summed E-state index contributed by atoms with van der Waals surface area (Å²) >= 11 is 0. The fraction of sp³-hybridized carbons (Fsp3) is 0.145. The van der Waals surface area contributed by atoms with Crippen LogP contribution in [0.15, 0.2) is 194 Å². The van der Waals surface area contributed by atoms with E-state index in [1.54, 1.807) is 34.9 Å². The normalized spacial score (nSPS) is 13.0. The number of benzene rings is 8. The van der Waals surface area contributed by atoms with E-state index in [-0.39, 0.29) is 12.3 Å². The second kappa shape index (κ2) is 24.5. The van der Waals surface area contributed by atoms with Gasteiger partial charge in [-0.1, -0.05) is 133 Å². The number of hydrogen-bond donors (Lipinski definition) is 0. The Kier molecular flexibility index (Phi) is 18.2. The molecule has 0 N–H and O–H groups in total. The van der Waals surface area contributed by atoms with Gasteiger partial charge in [-0.25, -0.2) is 4.79 Å². The maximum atomic E-state index is 14.2. The highest BCUT2D eigenvalue weighted by Gasteiger charge is 2.47. The second-order valence-electron chi connectivity index (χ2n) is 20.2. The number of hydrogen-bond acceptors (Lipinski definition) is 3. The zero-order valence-electron chi connectivity index (χ0n) is 45.0. The summed E-state index contributed by atoms with van der Waals surface area (Å²) in [7, 11) is 0. The van der Waals surface area contributed by atoms with Crippen LogP contribution in [0.3, 0.4) is 0 Å². The molecule has 0 amide bonds. The van der Waals surface area contributed by atoms with E-state index >= 15 is 0 Å². The summed E-state index contributed by atoms with van der Waals surface area (Å²) in [6.07, 6.45) is -54.8. The molecule has 29 heteroatoms. The van der Waals surface area contributed by atoms with Crippen LogP contribution in [0.1, 0.15) is 65.4 Å². The molecular formula is C62H34BF24NO3. The first-order valence-corrected chi connectivity index (χ1v) is 25.7. The van der Waals surface area contributed by atoms with Crippen molar-refractivity contribution in [1.29, 1.82) is 0 Å². The van der Waals surface area contributed by atoms with Gasteiger partial charge in [0, 0.05) is 23.1 Å². The van der Waals surface area contributed by atoms with E-state index in [4.69, 9.17) is 4.74 Å². The highest BCUT2D eigenvalue weighted by Crippen LogP contribution is 2.42. The van der Waals surface area contributed by atoms with Crippen molar-refractivity contribution < 1.29 is 124 Å². The highest BCUT2D eigenvalue weighted by molar-refractivity contribution is 7.20. The number of nitrogens with zero attached hydrogens (tertiary/aromatic N) is 1. The summed E-state index contributed by atoms with van der Waals surface area (Å²) in [6.45, 7) is 0.0305. The SMILES string of the molecule is FC(F)(F)c1cc([B-](c2cc(C(F)(F)F)cc(C(F)(F)F)c2)(c2cc(C(F)(F)F)cc(C(F)(F)F)c2)c2cc(C(F)(F)F)cc(C(F)(F)F)c2)cc(C(F)(F)F)c1.O=C(C[n+]1c(C(=O)Oc2ccc(-c3ccccc3)cc2)ccc2ccccc21)c1ccccc1. The zero-order chi connectivity index (χ0) is 67.2. The third kappa shape index (κ3) is 15.3. The Morgan fingerprint density at radius 1 is 0.330 bits per heavy atom. The molecule has 9 aromatic rings. The van der Waals surface area contributed by atoms with Gasteiger partial charge in [0.15, 0.2) is 0 Å². The molecule has 0 saturated heterocycles. The number of alkyl halides is 24. The van der Waals surface area contributed by atoms with Crippen LogP contribution in [0, 0.1) is 0 Å². The average molecular weight is 1310 g/mol. The molecule has 0 aliphatic heterocycles. The van der Waals surface area contributed by atoms with Gasteiger partial charge in [0.1, 0.15) is 11.9 Å². The molecule has 4 nitrogen and oxygen atoms in total. The van der Waals surface area contributed by atoms with Crippen LogP contribution >= 0.6 is 0 Å². The number of rotatable bonds is 10. The quantitative estimate of drug-likeness (QED) is 0.0342. The molecule has 91 heavy (non-hydrogen) atoms. The number of ketones is 1. The van der Waals surface area contributed by atoms with Crippen LogP contribution in [-0.2, 0) is 56.0 Å². The molecule has 1 aromatic heterocycles. The Hall–Kier alpha value is -9.31. The largest absolute Gasteiger partial charge is 0.419 e. The fourth-order valence-corrected chi connectivity index (χ4v) is 10.0. The Morgan fingerprint density at radius 2 is 0.626 bits per heavy atom. The third-order valence-corrected chi connectivity index (χ3v) is 14.2. The van der Waals surface area contributed by atoms with E-state index in [1.165, 1.54) is 0 Å².